The molecule has 2 aromatic heterocycles. The molecule has 0 amide bonds. The molecule has 0 spiro atoms. The van der Waals surface area contributed by atoms with Gasteiger partial charge in [-0.25, -0.2) is 4.98 Å². The highest BCUT2D eigenvalue weighted by Gasteiger charge is 2.16. The molecule has 1 aromatic carbocycles. The fourth-order valence-corrected chi connectivity index (χ4v) is 2.45. The van der Waals surface area contributed by atoms with Gasteiger partial charge >= 0.3 is 0 Å². The van der Waals surface area contributed by atoms with E-state index < -0.39 is 6.10 Å². The second kappa shape index (κ2) is 6.39. The van der Waals surface area contributed by atoms with Crippen molar-refractivity contribution in [3.8, 4) is 11.5 Å². The molecule has 1 unspecified atom stereocenters. The average molecular weight is 337 g/mol. The number of nitrogens with zero attached hydrogens (tertiary/aromatic N) is 4. The molecule has 1 N–H and O–H groups in total. The van der Waals surface area contributed by atoms with Gasteiger partial charge in [-0.05, 0) is 23.8 Å². The van der Waals surface area contributed by atoms with Crippen molar-refractivity contribution in [2.24, 2.45) is 0 Å². The molecular formula is C14H10Cl2N4O2. The molecule has 0 saturated heterocycles. The molecule has 0 saturated carbocycles. The zero-order valence-corrected chi connectivity index (χ0v) is 12.7. The lowest BCUT2D eigenvalue weighted by Gasteiger charge is -2.09. The van der Waals surface area contributed by atoms with Crippen LogP contribution in [0.25, 0.3) is 11.5 Å². The highest BCUT2D eigenvalue weighted by atomic mass is 35.5. The van der Waals surface area contributed by atoms with Crippen molar-refractivity contribution >= 4 is 23.2 Å². The molecule has 6 nitrogen and oxygen atoms in total. The minimum Gasteiger partial charge on any atom is -0.388 e. The molecule has 0 radical (unpaired) electrons. The fraction of sp³-hybridized carbons (Fsp3) is 0.143. The number of aromatic nitrogens is 4. The smallest absolute Gasteiger partial charge is 0.229 e. The van der Waals surface area contributed by atoms with Crippen molar-refractivity contribution in [2.75, 3.05) is 0 Å². The van der Waals surface area contributed by atoms with E-state index in [4.69, 9.17) is 27.7 Å². The molecule has 3 rings (SSSR count). The van der Waals surface area contributed by atoms with Crippen LogP contribution in [0, 0.1) is 0 Å². The Morgan fingerprint density at radius 2 is 1.91 bits per heavy atom. The molecule has 0 aliphatic heterocycles. The van der Waals surface area contributed by atoms with E-state index >= 15 is 0 Å². The molecule has 22 heavy (non-hydrogen) atoms. The van der Waals surface area contributed by atoms with Gasteiger partial charge in [-0.1, -0.05) is 28.4 Å². The molecule has 8 heteroatoms. The Balaban J connectivity index is 1.77. The molecule has 3 aromatic rings. The summed E-state index contributed by atoms with van der Waals surface area (Å²) < 4.78 is 5.12. The first kappa shape index (κ1) is 14.9. The Morgan fingerprint density at radius 1 is 1.14 bits per heavy atom. The standard InChI is InChI=1S/C14H10Cl2N4O2/c15-9-3-8(4-10(16)5-9)12(21)6-13-19-14(20-22-13)11-7-17-1-2-18-11/h1-5,7,12,21H,6H2. The summed E-state index contributed by atoms with van der Waals surface area (Å²) in [7, 11) is 0. The van der Waals surface area contributed by atoms with Gasteiger partial charge in [0.1, 0.15) is 5.69 Å². The fourth-order valence-electron chi connectivity index (χ4n) is 1.91. The van der Waals surface area contributed by atoms with Crippen LogP contribution in [0.15, 0.2) is 41.3 Å². The Kier molecular flexibility index (Phi) is 4.33. The lowest BCUT2D eigenvalue weighted by molar-refractivity contribution is 0.165. The topological polar surface area (TPSA) is 84.9 Å². The normalized spacial score (nSPS) is 12.3. The molecule has 0 bridgehead atoms. The zero-order chi connectivity index (χ0) is 15.5. The minimum atomic E-state index is -0.855. The van der Waals surface area contributed by atoms with Crippen molar-refractivity contribution in [3.05, 3.63) is 58.3 Å². The summed E-state index contributed by atoms with van der Waals surface area (Å²) in [5, 5.41) is 14.9. The third-order valence-corrected chi connectivity index (χ3v) is 3.33. The van der Waals surface area contributed by atoms with E-state index in [9.17, 15) is 5.11 Å². The Bertz CT molecular complexity index is 759. The number of hydrogen-bond donors (Lipinski definition) is 1. The van der Waals surface area contributed by atoms with Gasteiger partial charge in [0.15, 0.2) is 0 Å². The lowest BCUT2D eigenvalue weighted by Crippen LogP contribution is -2.02. The average Bonchev–Trinajstić information content (AvgIpc) is 2.95. The van der Waals surface area contributed by atoms with Crippen LogP contribution in [0.1, 0.15) is 17.6 Å². The van der Waals surface area contributed by atoms with E-state index in [0.29, 0.717) is 27.1 Å². The first-order valence-electron chi connectivity index (χ1n) is 6.35. The number of halogens is 2. The summed E-state index contributed by atoms with van der Waals surface area (Å²) in [6.45, 7) is 0. The van der Waals surface area contributed by atoms with E-state index in [0.717, 1.165) is 0 Å². The molecule has 1 atom stereocenters. The molecule has 0 aliphatic carbocycles. The van der Waals surface area contributed by atoms with Crippen molar-refractivity contribution in [3.63, 3.8) is 0 Å². The third-order valence-electron chi connectivity index (χ3n) is 2.90. The highest BCUT2D eigenvalue weighted by molar-refractivity contribution is 6.34. The first-order valence-corrected chi connectivity index (χ1v) is 7.10. The number of hydrogen-bond acceptors (Lipinski definition) is 6. The van der Waals surface area contributed by atoms with Gasteiger partial charge in [0.25, 0.3) is 0 Å². The summed E-state index contributed by atoms with van der Waals surface area (Å²) in [5.41, 5.74) is 1.08. The molecule has 0 fully saturated rings. The Labute approximate surface area is 135 Å². The second-order valence-electron chi connectivity index (χ2n) is 4.53. The van der Waals surface area contributed by atoms with Gasteiger partial charge < -0.3 is 9.63 Å². The predicted octanol–water partition coefficient (Wildman–Crippen LogP) is 3.11. The Morgan fingerprint density at radius 3 is 2.59 bits per heavy atom. The lowest BCUT2D eigenvalue weighted by atomic mass is 10.1. The van der Waals surface area contributed by atoms with Crippen LogP contribution in [0.5, 0.6) is 0 Å². The van der Waals surface area contributed by atoms with Crippen LogP contribution in [0.2, 0.25) is 10.0 Å². The van der Waals surface area contributed by atoms with E-state index in [1.54, 1.807) is 24.4 Å². The van der Waals surface area contributed by atoms with Gasteiger partial charge in [-0.2, -0.15) is 4.98 Å². The third kappa shape index (κ3) is 3.41. The van der Waals surface area contributed by atoms with Crippen molar-refractivity contribution in [1.82, 2.24) is 20.1 Å². The maximum Gasteiger partial charge on any atom is 0.229 e. The van der Waals surface area contributed by atoms with Crippen LogP contribution in [0.4, 0.5) is 0 Å². The van der Waals surface area contributed by atoms with Gasteiger partial charge in [-0.3, -0.25) is 4.98 Å². The van der Waals surface area contributed by atoms with Gasteiger partial charge in [0.2, 0.25) is 11.7 Å². The highest BCUT2D eigenvalue weighted by Crippen LogP contribution is 2.25. The quantitative estimate of drug-likeness (QED) is 0.787. The zero-order valence-electron chi connectivity index (χ0n) is 11.1. The Hall–Kier alpha value is -2.02. The molecule has 0 aliphatic rings. The van der Waals surface area contributed by atoms with Crippen LogP contribution < -0.4 is 0 Å². The van der Waals surface area contributed by atoms with Crippen LogP contribution >= 0.6 is 23.2 Å². The monoisotopic (exact) mass is 336 g/mol. The maximum atomic E-state index is 10.2. The van der Waals surface area contributed by atoms with Crippen LogP contribution in [-0.4, -0.2) is 25.2 Å². The predicted molar refractivity (Wildman–Crippen MR) is 80.4 cm³/mol. The van der Waals surface area contributed by atoms with E-state index in [2.05, 4.69) is 20.1 Å². The van der Waals surface area contributed by atoms with Gasteiger partial charge in [0, 0.05) is 22.4 Å². The summed E-state index contributed by atoms with van der Waals surface area (Å²) in [4.78, 5) is 12.2. The minimum absolute atomic E-state index is 0.143. The van der Waals surface area contributed by atoms with E-state index in [1.807, 2.05) is 0 Å². The number of aliphatic hydroxyl groups is 1. The van der Waals surface area contributed by atoms with Crippen LogP contribution in [0.3, 0.4) is 0 Å². The molecule has 2 heterocycles. The van der Waals surface area contributed by atoms with Crippen molar-refractivity contribution in [2.45, 2.75) is 12.5 Å². The summed E-state index contributed by atoms with van der Waals surface area (Å²) in [6, 6.07) is 4.87. The number of aliphatic hydroxyl groups excluding tert-OH is 1. The number of rotatable bonds is 4. The summed E-state index contributed by atoms with van der Waals surface area (Å²) in [6.07, 6.45) is 3.91. The van der Waals surface area contributed by atoms with E-state index in [1.165, 1.54) is 12.4 Å². The second-order valence-corrected chi connectivity index (χ2v) is 5.40. The summed E-state index contributed by atoms with van der Waals surface area (Å²) in [5.74, 6) is 0.601. The largest absolute Gasteiger partial charge is 0.388 e. The number of benzene rings is 1. The SMILES string of the molecule is OC(Cc1nc(-c2cnccn2)no1)c1cc(Cl)cc(Cl)c1. The maximum absolute atomic E-state index is 10.2. The molecule has 112 valence electrons. The molecular weight excluding hydrogens is 327 g/mol. The summed E-state index contributed by atoms with van der Waals surface area (Å²) >= 11 is 11.8. The van der Waals surface area contributed by atoms with Crippen LogP contribution in [-0.2, 0) is 6.42 Å². The van der Waals surface area contributed by atoms with Gasteiger partial charge in [-0.15, -0.1) is 0 Å². The van der Waals surface area contributed by atoms with Crippen molar-refractivity contribution in [1.29, 1.82) is 0 Å². The van der Waals surface area contributed by atoms with Gasteiger partial charge in [0.05, 0.1) is 18.7 Å². The first-order chi connectivity index (χ1) is 10.6. The van der Waals surface area contributed by atoms with E-state index in [-0.39, 0.29) is 12.3 Å². The van der Waals surface area contributed by atoms with Crippen molar-refractivity contribution < 1.29 is 9.63 Å².